The van der Waals surface area contributed by atoms with E-state index in [1.165, 1.54) is 11.3 Å². The third-order valence-corrected chi connectivity index (χ3v) is 6.82. The van der Waals surface area contributed by atoms with Crippen LogP contribution in [0.2, 0.25) is 0 Å². The van der Waals surface area contributed by atoms with Gasteiger partial charge in [-0.15, -0.1) is 22.7 Å². The molecule has 0 amide bonds. The zero-order valence-electron chi connectivity index (χ0n) is 17.3. The fourth-order valence-corrected chi connectivity index (χ4v) is 5.07. The van der Waals surface area contributed by atoms with Crippen molar-refractivity contribution < 1.29 is 0 Å². The van der Waals surface area contributed by atoms with Crippen LogP contribution in [0.15, 0.2) is 90.6 Å². The highest BCUT2D eigenvalue weighted by molar-refractivity contribution is 7.17. The van der Waals surface area contributed by atoms with E-state index in [0.29, 0.717) is 4.88 Å². The lowest BCUT2D eigenvalue weighted by molar-refractivity contribution is 1.32. The molecule has 0 aliphatic rings. The molecule has 4 nitrogen and oxygen atoms in total. The summed E-state index contributed by atoms with van der Waals surface area (Å²) < 4.78 is 0. The Balaban J connectivity index is 1.61. The van der Waals surface area contributed by atoms with Crippen molar-refractivity contribution in [3.05, 3.63) is 117 Å². The summed E-state index contributed by atoms with van der Waals surface area (Å²) in [4.78, 5) is 8.04. The molecular formula is C27H16N4S2. The minimum Gasteiger partial charge on any atom is -0.302 e. The van der Waals surface area contributed by atoms with Crippen LogP contribution in [-0.2, 0) is 0 Å². The van der Waals surface area contributed by atoms with E-state index in [1.807, 2.05) is 60.7 Å². The number of para-hydroxylation sites is 2. The molecule has 33 heavy (non-hydrogen) atoms. The summed E-state index contributed by atoms with van der Waals surface area (Å²) in [6.07, 6.45) is 4.02. The Morgan fingerprint density at radius 2 is 1.33 bits per heavy atom. The second kappa shape index (κ2) is 10.3. The molecule has 4 aromatic rings. The van der Waals surface area contributed by atoms with Crippen LogP contribution in [0.1, 0.15) is 14.6 Å². The molecule has 0 saturated carbocycles. The van der Waals surface area contributed by atoms with Crippen LogP contribution in [0, 0.1) is 29.2 Å². The smallest absolute Gasteiger partial charge is 0.280 e. The van der Waals surface area contributed by atoms with Crippen molar-refractivity contribution in [1.82, 2.24) is 0 Å². The van der Waals surface area contributed by atoms with E-state index in [-0.39, 0.29) is 11.3 Å². The van der Waals surface area contributed by atoms with Crippen molar-refractivity contribution in [2.75, 3.05) is 4.90 Å². The summed E-state index contributed by atoms with van der Waals surface area (Å²) in [5, 5.41) is 19.5. The number of nitrogens with zero attached hydrogens (tertiary/aromatic N) is 4. The fraction of sp³-hybridized carbons (Fsp3) is 0. The molecule has 0 radical (unpaired) electrons. The van der Waals surface area contributed by atoms with Gasteiger partial charge < -0.3 is 4.90 Å². The van der Waals surface area contributed by atoms with Gasteiger partial charge in [-0.05, 0) is 60.7 Å². The molecule has 4 rings (SSSR count). The molecule has 0 atom stereocenters. The summed E-state index contributed by atoms with van der Waals surface area (Å²) in [7, 11) is 0. The summed E-state index contributed by atoms with van der Waals surface area (Å²) in [6, 6.07) is 32.1. The molecule has 156 valence electrons. The molecule has 0 bridgehead atoms. The fourth-order valence-electron chi connectivity index (χ4n) is 3.21. The number of anilines is 3. The monoisotopic (exact) mass is 460 g/mol. The van der Waals surface area contributed by atoms with E-state index >= 15 is 0 Å². The standard InChI is InChI=1S/C27H16N4S2/c1-30-25(19-29)24(18-28)26-16-14-22(32-26)12-13-23-15-17-27(33-23)31(20-8-4-2-5-9-20)21-10-6-3-7-11-21/h2-17H. The van der Waals surface area contributed by atoms with E-state index in [0.717, 1.165) is 26.1 Å². The maximum atomic E-state index is 9.36. The molecule has 0 aliphatic heterocycles. The number of hydrogen-bond acceptors (Lipinski definition) is 5. The summed E-state index contributed by atoms with van der Waals surface area (Å²) >= 11 is 3.06. The van der Waals surface area contributed by atoms with Gasteiger partial charge in [-0.3, -0.25) is 0 Å². The van der Waals surface area contributed by atoms with E-state index in [1.54, 1.807) is 23.5 Å². The minimum absolute atomic E-state index is 0.122. The van der Waals surface area contributed by atoms with Crippen molar-refractivity contribution in [1.29, 1.82) is 10.5 Å². The zero-order valence-corrected chi connectivity index (χ0v) is 19.0. The van der Waals surface area contributed by atoms with Gasteiger partial charge in [-0.1, -0.05) is 36.4 Å². The van der Waals surface area contributed by atoms with Gasteiger partial charge in [0.25, 0.3) is 5.70 Å². The summed E-state index contributed by atoms with van der Waals surface area (Å²) in [6.45, 7) is 7.09. The highest BCUT2D eigenvalue weighted by Crippen LogP contribution is 2.39. The third-order valence-electron chi connectivity index (χ3n) is 4.71. The minimum atomic E-state index is -0.181. The number of allylic oxidation sites excluding steroid dienone is 2. The van der Waals surface area contributed by atoms with Gasteiger partial charge in [0.05, 0.1) is 24.3 Å². The molecule has 0 spiro atoms. The first-order valence-electron chi connectivity index (χ1n) is 9.94. The van der Waals surface area contributed by atoms with E-state index in [2.05, 4.69) is 46.1 Å². The molecular weight excluding hydrogens is 444 g/mol. The van der Waals surface area contributed by atoms with E-state index < -0.39 is 0 Å². The first-order chi connectivity index (χ1) is 16.2. The Labute approximate surface area is 200 Å². The quantitative estimate of drug-likeness (QED) is 0.216. The average molecular weight is 461 g/mol. The second-order valence-electron chi connectivity index (χ2n) is 6.78. The predicted octanol–water partition coefficient (Wildman–Crippen LogP) is 8.13. The normalized spacial score (nSPS) is 11.3. The lowest BCUT2D eigenvalue weighted by atomic mass is 10.2. The van der Waals surface area contributed by atoms with Crippen LogP contribution in [0.3, 0.4) is 0 Å². The van der Waals surface area contributed by atoms with E-state index in [9.17, 15) is 5.26 Å². The van der Waals surface area contributed by atoms with Crippen molar-refractivity contribution in [2.45, 2.75) is 0 Å². The molecule has 2 aromatic carbocycles. The van der Waals surface area contributed by atoms with Crippen molar-refractivity contribution >= 4 is 56.8 Å². The van der Waals surface area contributed by atoms with Crippen molar-refractivity contribution in [3.8, 4) is 12.1 Å². The largest absolute Gasteiger partial charge is 0.302 e. The van der Waals surface area contributed by atoms with Gasteiger partial charge in [-0.25, -0.2) is 10.1 Å². The topological polar surface area (TPSA) is 55.2 Å². The number of benzene rings is 2. The molecule has 0 unspecified atom stereocenters. The van der Waals surface area contributed by atoms with Gasteiger partial charge in [0, 0.05) is 26.0 Å². The number of thiophene rings is 2. The summed E-state index contributed by atoms with van der Waals surface area (Å²) in [5.74, 6) is 0. The molecule has 2 heterocycles. The second-order valence-corrected chi connectivity index (χ2v) is 8.99. The van der Waals surface area contributed by atoms with Gasteiger partial charge in [0.2, 0.25) is 0 Å². The van der Waals surface area contributed by atoms with E-state index in [4.69, 9.17) is 11.8 Å². The lowest BCUT2D eigenvalue weighted by Crippen LogP contribution is -2.07. The van der Waals surface area contributed by atoms with Crippen LogP contribution < -0.4 is 4.90 Å². The number of rotatable bonds is 6. The van der Waals surface area contributed by atoms with Crippen LogP contribution >= 0.6 is 22.7 Å². The Morgan fingerprint density at radius 1 is 0.758 bits per heavy atom. The van der Waals surface area contributed by atoms with Gasteiger partial charge in [0.1, 0.15) is 5.00 Å². The maximum absolute atomic E-state index is 9.36. The number of hydrogen-bond donors (Lipinski definition) is 0. The molecule has 0 aliphatic carbocycles. The van der Waals surface area contributed by atoms with Crippen LogP contribution in [0.4, 0.5) is 16.4 Å². The first-order valence-corrected chi connectivity index (χ1v) is 11.6. The third kappa shape index (κ3) is 4.92. The Morgan fingerprint density at radius 3 is 1.88 bits per heavy atom. The molecule has 0 saturated heterocycles. The lowest BCUT2D eigenvalue weighted by Gasteiger charge is -2.23. The van der Waals surface area contributed by atoms with Gasteiger partial charge in [0.15, 0.2) is 0 Å². The SMILES string of the molecule is [C-]#[N+]C(C#N)=C(C#N)c1ccc(C=Cc2ccc(N(c3ccccc3)c3ccccc3)s2)s1. The maximum Gasteiger partial charge on any atom is 0.280 e. The Bertz CT molecular complexity index is 1380. The average Bonchev–Trinajstić information content (AvgIpc) is 3.52. The molecule has 6 heteroatoms. The van der Waals surface area contributed by atoms with Gasteiger partial charge in [-0.2, -0.15) is 5.26 Å². The zero-order chi connectivity index (χ0) is 23.0. The van der Waals surface area contributed by atoms with Crippen LogP contribution in [0.5, 0.6) is 0 Å². The number of nitriles is 2. The Kier molecular flexibility index (Phi) is 6.78. The van der Waals surface area contributed by atoms with Crippen LogP contribution in [0.25, 0.3) is 22.6 Å². The Hall–Kier alpha value is -4.41. The molecule has 0 fully saturated rings. The van der Waals surface area contributed by atoms with Crippen LogP contribution in [-0.4, -0.2) is 0 Å². The van der Waals surface area contributed by atoms with Crippen molar-refractivity contribution in [2.24, 2.45) is 0 Å². The van der Waals surface area contributed by atoms with Gasteiger partial charge >= 0.3 is 0 Å². The molecule has 2 aromatic heterocycles. The van der Waals surface area contributed by atoms with Crippen molar-refractivity contribution in [3.63, 3.8) is 0 Å². The predicted molar refractivity (Wildman–Crippen MR) is 137 cm³/mol. The first kappa shape index (κ1) is 21.8. The molecule has 0 N–H and O–H groups in total. The summed E-state index contributed by atoms with van der Waals surface area (Å²) in [5.41, 5.74) is 2.12. The highest BCUT2D eigenvalue weighted by Gasteiger charge is 2.14. The highest BCUT2D eigenvalue weighted by atomic mass is 32.1.